The average Bonchev–Trinajstić information content (AvgIpc) is 3.03. The zero-order valence-corrected chi connectivity index (χ0v) is 24.2. The van der Waals surface area contributed by atoms with E-state index in [2.05, 4.69) is 48.5 Å². The van der Waals surface area contributed by atoms with Crippen LogP contribution in [0.2, 0.25) is 0 Å². The normalized spacial score (nSPS) is 54.3. The lowest BCUT2D eigenvalue weighted by molar-refractivity contribution is -0.254. The molecule has 2 bridgehead atoms. The van der Waals surface area contributed by atoms with E-state index in [0.717, 1.165) is 32.1 Å². The first-order valence-corrected chi connectivity index (χ1v) is 15.0. The number of fused-ring (bicyclic) bond motifs is 5. The van der Waals surface area contributed by atoms with E-state index in [4.69, 9.17) is 9.47 Å². The molecule has 0 unspecified atom stereocenters. The van der Waals surface area contributed by atoms with Gasteiger partial charge in [-0.1, -0.05) is 48.5 Å². The first-order chi connectivity index (χ1) is 16.6. The van der Waals surface area contributed by atoms with Crippen molar-refractivity contribution in [1.82, 2.24) is 0 Å². The van der Waals surface area contributed by atoms with Gasteiger partial charge in [0.15, 0.2) is 0 Å². The number of carbonyl (C=O) groups excluding carboxylic acids is 2. The van der Waals surface area contributed by atoms with E-state index in [9.17, 15) is 9.59 Å². The highest BCUT2D eigenvalue weighted by atomic mass is 16.6. The molecule has 5 aliphatic carbocycles. The van der Waals surface area contributed by atoms with Crippen molar-refractivity contribution in [2.75, 3.05) is 0 Å². The van der Waals surface area contributed by atoms with Gasteiger partial charge >= 0.3 is 11.9 Å². The Bertz CT molecular complexity index is 983. The maximum absolute atomic E-state index is 13.4. The Hall–Kier alpha value is -1.06. The molecule has 6 aliphatic rings. The summed E-state index contributed by atoms with van der Waals surface area (Å²) >= 11 is 0. The summed E-state index contributed by atoms with van der Waals surface area (Å²) in [5.41, 5.74) is 0.665. The predicted molar refractivity (Wildman–Crippen MR) is 140 cm³/mol. The minimum absolute atomic E-state index is 0.00113. The van der Waals surface area contributed by atoms with Gasteiger partial charge in [-0.15, -0.1) is 0 Å². The first kappa shape index (κ1) is 25.2. The predicted octanol–water partition coefficient (Wildman–Crippen LogP) is 7.34. The number of hydrogen-bond donors (Lipinski definition) is 0. The molecule has 202 valence electrons. The van der Waals surface area contributed by atoms with Gasteiger partial charge in [-0.2, -0.15) is 0 Å². The lowest BCUT2D eigenvalue weighted by Gasteiger charge is -2.73. The molecule has 6 fully saturated rings. The van der Waals surface area contributed by atoms with Gasteiger partial charge in [-0.25, -0.2) is 0 Å². The van der Waals surface area contributed by atoms with Crippen LogP contribution in [0.4, 0.5) is 0 Å². The third-order valence-electron chi connectivity index (χ3n) is 14.3. The SMILES string of the molecule is CC(=O)O[C@@H]1CC[C@@]2(C)[C@H](CC[C@]3(C)[C@@H]2CC[C@H]2[C@@H]4[C@H]5OC(=O)[C@@]4(CCC5(C)C)CC[C@]23C)C1(C)C. The van der Waals surface area contributed by atoms with Gasteiger partial charge in [0.2, 0.25) is 0 Å². The number of carbonyl (C=O) groups is 2. The summed E-state index contributed by atoms with van der Waals surface area (Å²) in [7, 11) is 0. The van der Waals surface area contributed by atoms with Crippen LogP contribution in [0.15, 0.2) is 0 Å². The third-order valence-corrected chi connectivity index (χ3v) is 14.3. The molecule has 0 aromatic rings. The van der Waals surface area contributed by atoms with Crippen LogP contribution < -0.4 is 0 Å². The summed E-state index contributed by atoms with van der Waals surface area (Å²) in [6.45, 7) is 18.9. The van der Waals surface area contributed by atoms with Crippen molar-refractivity contribution >= 4 is 11.9 Å². The Labute approximate surface area is 219 Å². The molecule has 0 N–H and O–H groups in total. The molecular weight excluding hydrogens is 448 g/mol. The molecule has 0 amide bonds. The van der Waals surface area contributed by atoms with Gasteiger partial charge < -0.3 is 9.47 Å². The van der Waals surface area contributed by atoms with Crippen molar-refractivity contribution in [3.8, 4) is 0 Å². The minimum atomic E-state index is -0.210. The Morgan fingerprint density at radius 2 is 1.50 bits per heavy atom. The Morgan fingerprint density at radius 3 is 2.19 bits per heavy atom. The molecule has 1 saturated heterocycles. The molecule has 5 saturated carbocycles. The molecular formula is C32H50O4. The van der Waals surface area contributed by atoms with Crippen molar-refractivity contribution in [1.29, 1.82) is 0 Å². The first-order valence-electron chi connectivity index (χ1n) is 15.0. The zero-order valence-electron chi connectivity index (χ0n) is 24.2. The van der Waals surface area contributed by atoms with Crippen LogP contribution in [0, 0.1) is 56.2 Å². The Balaban J connectivity index is 1.36. The van der Waals surface area contributed by atoms with Crippen molar-refractivity contribution in [3.63, 3.8) is 0 Å². The van der Waals surface area contributed by atoms with E-state index in [1.807, 2.05) is 0 Å². The summed E-state index contributed by atoms with van der Waals surface area (Å²) in [6.07, 6.45) is 11.6. The maximum atomic E-state index is 13.4. The molecule has 6 rings (SSSR count). The topological polar surface area (TPSA) is 52.6 Å². The summed E-state index contributed by atoms with van der Waals surface area (Å²) < 4.78 is 12.2. The molecule has 4 heteroatoms. The van der Waals surface area contributed by atoms with Gasteiger partial charge in [-0.05, 0) is 98.2 Å². The fraction of sp³-hybridized carbons (Fsp3) is 0.938. The second-order valence-corrected chi connectivity index (χ2v) is 16.1. The van der Waals surface area contributed by atoms with Crippen LogP contribution in [-0.2, 0) is 19.1 Å². The number of esters is 2. The van der Waals surface area contributed by atoms with Crippen LogP contribution in [-0.4, -0.2) is 24.1 Å². The number of ether oxygens (including phenoxy) is 2. The van der Waals surface area contributed by atoms with Gasteiger partial charge in [-0.3, -0.25) is 9.59 Å². The van der Waals surface area contributed by atoms with E-state index in [-0.39, 0.29) is 56.6 Å². The molecule has 10 atom stereocenters. The molecule has 0 aromatic carbocycles. The summed E-state index contributed by atoms with van der Waals surface area (Å²) in [6, 6.07) is 0. The monoisotopic (exact) mass is 498 g/mol. The highest BCUT2D eigenvalue weighted by molar-refractivity contribution is 5.81. The Morgan fingerprint density at radius 1 is 0.806 bits per heavy atom. The van der Waals surface area contributed by atoms with Crippen molar-refractivity contribution in [3.05, 3.63) is 0 Å². The summed E-state index contributed by atoms with van der Waals surface area (Å²) in [5.74, 6) is 2.23. The molecule has 0 spiro atoms. The lowest BCUT2D eigenvalue weighted by atomic mass is 9.31. The molecule has 0 radical (unpaired) electrons. The molecule has 36 heavy (non-hydrogen) atoms. The van der Waals surface area contributed by atoms with E-state index in [0.29, 0.717) is 23.7 Å². The van der Waals surface area contributed by atoms with Crippen molar-refractivity contribution in [2.45, 2.75) is 132 Å². The van der Waals surface area contributed by atoms with E-state index in [1.54, 1.807) is 6.92 Å². The smallest absolute Gasteiger partial charge is 0.312 e. The van der Waals surface area contributed by atoms with Crippen LogP contribution in [0.3, 0.4) is 0 Å². The van der Waals surface area contributed by atoms with Crippen molar-refractivity contribution < 1.29 is 19.1 Å². The largest absolute Gasteiger partial charge is 0.462 e. The van der Waals surface area contributed by atoms with Gasteiger partial charge in [0, 0.05) is 23.7 Å². The second kappa shape index (κ2) is 7.32. The molecule has 4 nitrogen and oxygen atoms in total. The van der Waals surface area contributed by atoms with Gasteiger partial charge in [0.1, 0.15) is 12.2 Å². The quantitative estimate of drug-likeness (QED) is 0.355. The van der Waals surface area contributed by atoms with Crippen LogP contribution in [0.25, 0.3) is 0 Å². The molecule has 1 heterocycles. The fourth-order valence-electron chi connectivity index (χ4n) is 12.2. The zero-order chi connectivity index (χ0) is 26.1. The van der Waals surface area contributed by atoms with Crippen LogP contribution in [0.1, 0.15) is 120 Å². The van der Waals surface area contributed by atoms with E-state index < -0.39 is 0 Å². The van der Waals surface area contributed by atoms with Crippen molar-refractivity contribution in [2.24, 2.45) is 56.2 Å². The second-order valence-electron chi connectivity index (χ2n) is 16.1. The highest BCUT2D eigenvalue weighted by Crippen LogP contribution is 2.78. The van der Waals surface area contributed by atoms with E-state index in [1.165, 1.54) is 32.1 Å². The lowest BCUT2D eigenvalue weighted by Crippen LogP contribution is -2.68. The highest BCUT2D eigenvalue weighted by Gasteiger charge is 2.75. The minimum Gasteiger partial charge on any atom is -0.462 e. The molecule has 0 aromatic heterocycles. The van der Waals surface area contributed by atoms with Gasteiger partial charge in [0.25, 0.3) is 0 Å². The number of rotatable bonds is 1. The maximum Gasteiger partial charge on any atom is 0.312 e. The summed E-state index contributed by atoms with van der Waals surface area (Å²) in [4.78, 5) is 25.3. The third kappa shape index (κ3) is 2.83. The molecule has 1 aliphatic heterocycles. The van der Waals surface area contributed by atoms with Crippen LogP contribution >= 0.6 is 0 Å². The fourth-order valence-corrected chi connectivity index (χ4v) is 12.2. The average molecular weight is 499 g/mol. The Kier molecular flexibility index (Phi) is 5.13. The summed E-state index contributed by atoms with van der Waals surface area (Å²) in [5, 5.41) is 0. The number of hydrogen-bond acceptors (Lipinski definition) is 4. The van der Waals surface area contributed by atoms with Crippen LogP contribution in [0.5, 0.6) is 0 Å². The standard InChI is InChI=1S/C32H50O4/c1-19(33)35-23-12-13-29(6)21(28(23,4)5)11-14-31(8)22(29)10-9-20-24-25-27(2,3)15-17-32(24,26(34)36-25)18-16-30(20,31)7/h20-25H,9-18H2,1-8H3/t20-,21+,22+,23+,24+,25+,29-,30+,31+,32-/m0/s1. The van der Waals surface area contributed by atoms with Gasteiger partial charge in [0.05, 0.1) is 5.41 Å². The van der Waals surface area contributed by atoms with E-state index >= 15 is 0 Å².